The van der Waals surface area contributed by atoms with E-state index in [1.807, 2.05) is 24.4 Å². The second-order valence-corrected chi connectivity index (χ2v) is 5.90. The van der Waals surface area contributed by atoms with Crippen LogP contribution in [0.1, 0.15) is 13.3 Å². The third-order valence-electron chi connectivity index (χ3n) is 3.99. The van der Waals surface area contributed by atoms with Gasteiger partial charge in [0.25, 0.3) is 0 Å². The van der Waals surface area contributed by atoms with Gasteiger partial charge in [-0.1, -0.05) is 36.7 Å². The van der Waals surface area contributed by atoms with Crippen LogP contribution in [0, 0.1) is 0 Å². The highest BCUT2D eigenvalue weighted by Gasteiger charge is 2.15. The van der Waals surface area contributed by atoms with E-state index in [0.717, 1.165) is 45.9 Å². The second kappa shape index (κ2) is 5.18. The summed E-state index contributed by atoms with van der Waals surface area (Å²) in [5.74, 6) is 0.997. The van der Waals surface area contributed by atoms with Crippen LogP contribution in [0.25, 0.3) is 33.3 Å². The first-order valence-electron chi connectivity index (χ1n) is 7.50. The number of hydrogen-bond donors (Lipinski definition) is 1. The Morgan fingerprint density at radius 1 is 1.18 bits per heavy atom. The third kappa shape index (κ3) is 2.01. The Hall–Kier alpha value is -2.26. The Balaban J connectivity index is 2.03. The number of fused-ring (bicyclic) bond motifs is 2. The first-order valence-corrected chi connectivity index (χ1v) is 7.88. The van der Waals surface area contributed by atoms with Crippen molar-refractivity contribution in [2.24, 2.45) is 0 Å². The molecule has 0 radical (unpaired) electrons. The number of imidazole rings is 1. The molecule has 3 nitrogen and oxygen atoms in total. The van der Waals surface area contributed by atoms with E-state index in [0.29, 0.717) is 0 Å². The maximum atomic E-state index is 6.12. The number of aromatic amines is 1. The Morgan fingerprint density at radius 3 is 2.91 bits per heavy atom. The summed E-state index contributed by atoms with van der Waals surface area (Å²) in [6.45, 7) is 3.12. The number of nitrogens with one attached hydrogen (secondary N) is 1. The Labute approximate surface area is 133 Å². The van der Waals surface area contributed by atoms with Crippen LogP contribution in [-0.4, -0.2) is 14.5 Å². The van der Waals surface area contributed by atoms with Gasteiger partial charge in [0.05, 0.1) is 11.0 Å². The van der Waals surface area contributed by atoms with Crippen LogP contribution in [0.3, 0.4) is 0 Å². The van der Waals surface area contributed by atoms with Gasteiger partial charge in [0.15, 0.2) is 0 Å². The molecule has 0 spiro atoms. The average Bonchev–Trinajstić information content (AvgIpc) is 3.09. The Bertz CT molecular complexity index is 965. The number of aromatic nitrogens is 3. The molecule has 0 unspecified atom stereocenters. The Kier molecular flexibility index (Phi) is 3.16. The highest BCUT2D eigenvalue weighted by molar-refractivity contribution is 6.31. The molecule has 0 amide bonds. The minimum atomic E-state index is 0.721. The molecular formula is C18H16ClN3. The van der Waals surface area contributed by atoms with Crippen molar-refractivity contribution in [3.05, 3.63) is 53.7 Å². The normalized spacial score (nSPS) is 11.5. The number of halogens is 1. The van der Waals surface area contributed by atoms with E-state index < -0.39 is 0 Å². The SMILES string of the molecule is CCCn1c(-c2c[nH]c3ccccc23)nc2cc(Cl)ccc21. The van der Waals surface area contributed by atoms with E-state index in [4.69, 9.17) is 16.6 Å². The van der Waals surface area contributed by atoms with Crippen molar-refractivity contribution < 1.29 is 0 Å². The van der Waals surface area contributed by atoms with Crippen LogP contribution in [0.4, 0.5) is 0 Å². The zero-order chi connectivity index (χ0) is 15.1. The predicted molar refractivity (Wildman–Crippen MR) is 92.3 cm³/mol. The second-order valence-electron chi connectivity index (χ2n) is 5.47. The molecule has 2 heterocycles. The van der Waals surface area contributed by atoms with Gasteiger partial charge in [0, 0.05) is 34.2 Å². The summed E-state index contributed by atoms with van der Waals surface area (Å²) in [6, 6.07) is 14.2. The van der Waals surface area contributed by atoms with Gasteiger partial charge in [0.2, 0.25) is 0 Å². The minimum Gasteiger partial charge on any atom is -0.360 e. The molecule has 22 heavy (non-hydrogen) atoms. The number of para-hydroxylation sites is 1. The van der Waals surface area contributed by atoms with Gasteiger partial charge in [-0.15, -0.1) is 0 Å². The smallest absolute Gasteiger partial charge is 0.143 e. The molecule has 0 aliphatic rings. The van der Waals surface area contributed by atoms with Crippen LogP contribution < -0.4 is 0 Å². The number of H-pyrrole nitrogens is 1. The van der Waals surface area contributed by atoms with E-state index >= 15 is 0 Å². The molecular weight excluding hydrogens is 294 g/mol. The van der Waals surface area contributed by atoms with Crippen molar-refractivity contribution in [3.63, 3.8) is 0 Å². The molecule has 0 saturated carbocycles. The topological polar surface area (TPSA) is 33.6 Å². The van der Waals surface area contributed by atoms with Crippen molar-refractivity contribution in [2.45, 2.75) is 19.9 Å². The highest BCUT2D eigenvalue weighted by Crippen LogP contribution is 2.31. The van der Waals surface area contributed by atoms with Crippen molar-refractivity contribution in [2.75, 3.05) is 0 Å². The average molecular weight is 310 g/mol. The van der Waals surface area contributed by atoms with Gasteiger partial charge in [-0.3, -0.25) is 0 Å². The molecule has 1 N–H and O–H groups in total. The van der Waals surface area contributed by atoms with Gasteiger partial charge in [0.1, 0.15) is 5.82 Å². The van der Waals surface area contributed by atoms with Gasteiger partial charge < -0.3 is 9.55 Å². The van der Waals surface area contributed by atoms with Crippen molar-refractivity contribution in [1.82, 2.24) is 14.5 Å². The summed E-state index contributed by atoms with van der Waals surface area (Å²) >= 11 is 6.12. The number of nitrogens with zero attached hydrogens (tertiary/aromatic N) is 2. The van der Waals surface area contributed by atoms with Crippen LogP contribution in [0.2, 0.25) is 5.02 Å². The first kappa shape index (κ1) is 13.4. The van der Waals surface area contributed by atoms with E-state index in [-0.39, 0.29) is 0 Å². The standard InChI is InChI=1S/C18H16ClN3/c1-2-9-22-17-8-7-12(19)10-16(17)21-18(22)14-11-20-15-6-4-3-5-13(14)15/h3-8,10-11,20H,2,9H2,1H3. The van der Waals surface area contributed by atoms with Gasteiger partial charge >= 0.3 is 0 Å². The molecule has 0 saturated heterocycles. The van der Waals surface area contributed by atoms with Crippen molar-refractivity contribution in [1.29, 1.82) is 0 Å². The lowest BCUT2D eigenvalue weighted by Crippen LogP contribution is -1.99. The van der Waals surface area contributed by atoms with Crippen LogP contribution in [0.5, 0.6) is 0 Å². The molecule has 0 bridgehead atoms. The molecule has 0 aliphatic carbocycles. The number of hydrogen-bond acceptors (Lipinski definition) is 1. The molecule has 2 aromatic heterocycles. The van der Waals surface area contributed by atoms with Crippen LogP contribution in [0.15, 0.2) is 48.7 Å². The van der Waals surface area contributed by atoms with Gasteiger partial charge in [-0.2, -0.15) is 0 Å². The summed E-state index contributed by atoms with van der Waals surface area (Å²) in [4.78, 5) is 8.18. The molecule has 4 rings (SSSR count). The Morgan fingerprint density at radius 2 is 2.05 bits per heavy atom. The summed E-state index contributed by atoms with van der Waals surface area (Å²) < 4.78 is 2.28. The largest absolute Gasteiger partial charge is 0.360 e. The summed E-state index contributed by atoms with van der Waals surface area (Å²) in [7, 11) is 0. The lowest BCUT2D eigenvalue weighted by Gasteiger charge is -2.07. The molecule has 0 atom stereocenters. The quantitative estimate of drug-likeness (QED) is 0.551. The van der Waals surface area contributed by atoms with Gasteiger partial charge in [-0.25, -0.2) is 4.98 Å². The summed E-state index contributed by atoms with van der Waals surface area (Å²) in [5, 5.41) is 1.92. The van der Waals surface area contributed by atoms with Crippen molar-refractivity contribution >= 4 is 33.5 Å². The van der Waals surface area contributed by atoms with E-state index in [2.05, 4.69) is 40.7 Å². The van der Waals surface area contributed by atoms with E-state index in [1.54, 1.807) is 0 Å². The zero-order valence-electron chi connectivity index (χ0n) is 12.3. The number of benzene rings is 2. The molecule has 4 heteroatoms. The fourth-order valence-electron chi connectivity index (χ4n) is 3.02. The fraction of sp³-hybridized carbons (Fsp3) is 0.167. The van der Waals surface area contributed by atoms with Gasteiger partial charge in [-0.05, 0) is 30.7 Å². The summed E-state index contributed by atoms with van der Waals surface area (Å²) in [6.07, 6.45) is 3.10. The molecule has 4 aromatic rings. The van der Waals surface area contributed by atoms with Crippen LogP contribution in [-0.2, 0) is 6.54 Å². The lowest BCUT2D eigenvalue weighted by atomic mass is 10.1. The monoisotopic (exact) mass is 309 g/mol. The maximum Gasteiger partial charge on any atom is 0.143 e. The van der Waals surface area contributed by atoms with Crippen LogP contribution >= 0.6 is 11.6 Å². The lowest BCUT2D eigenvalue weighted by molar-refractivity contribution is 0.704. The molecule has 0 fully saturated rings. The predicted octanol–water partition coefficient (Wildman–Crippen LogP) is 5.25. The fourth-order valence-corrected chi connectivity index (χ4v) is 3.18. The molecule has 2 aromatic carbocycles. The maximum absolute atomic E-state index is 6.12. The van der Waals surface area contributed by atoms with E-state index in [1.165, 1.54) is 5.39 Å². The third-order valence-corrected chi connectivity index (χ3v) is 4.22. The molecule has 0 aliphatic heterocycles. The molecule has 110 valence electrons. The van der Waals surface area contributed by atoms with Crippen molar-refractivity contribution in [3.8, 4) is 11.4 Å². The first-order chi connectivity index (χ1) is 10.8. The number of aryl methyl sites for hydroxylation is 1. The minimum absolute atomic E-state index is 0.721. The zero-order valence-corrected chi connectivity index (χ0v) is 13.1. The summed E-state index contributed by atoms with van der Waals surface area (Å²) in [5.41, 5.74) is 4.34. The highest BCUT2D eigenvalue weighted by atomic mass is 35.5. The van der Waals surface area contributed by atoms with E-state index in [9.17, 15) is 0 Å². The number of rotatable bonds is 3.